The van der Waals surface area contributed by atoms with E-state index in [1.807, 2.05) is 6.20 Å². The van der Waals surface area contributed by atoms with Gasteiger partial charge in [0.25, 0.3) is 0 Å². The summed E-state index contributed by atoms with van der Waals surface area (Å²) in [4.78, 5) is 9.96. The predicted molar refractivity (Wildman–Crippen MR) is 114 cm³/mol. The lowest BCUT2D eigenvalue weighted by Crippen LogP contribution is -2.37. The summed E-state index contributed by atoms with van der Waals surface area (Å²) >= 11 is 1.77. The van der Waals surface area contributed by atoms with Gasteiger partial charge in [-0.1, -0.05) is 13.8 Å². The van der Waals surface area contributed by atoms with Gasteiger partial charge in [-0.3, -0.25) is 4.99 Å². The largest absolute Gasteiger partial charge is 0.379 e. The number of rotatable bonds is 9. The van der Waals surface area contributed by atoms with E-state index in [0.29, 0.717) is 5.92 Å². The Labute approximate surface area is 172 Å². The summed E-state index contributed by atoms with van der Waals surface area (Å²) in [6.07, 6.45) is 5.26. The van der Waals surface area contributed by atoms with Gasteiger partial charge < -0.3 is 20.1 Å². The number of hydrogen-bond acceptors (Lipinski definition) is 5. The first kappa shape index (κ1) is 22.6. The summed E-state index contributed by atoms with van der Waals surface area (Å²) in [5.41, 5.74) is 0. The highest BCUT2D eigenvalue weighted by molar-refractivity contribution is 14.0. The van der Waals surface area contributed by atoms with E-state index in [2.05, 4.69) is 34.5 Å². The molecule has 2 heterocycles. The molecule has 1 saturated heterocycles. The fraction of sp³-hybridized carbons (Fsp3) is 0.765. The van der Waals surface area contributed by atoms with Gasteiger partial charge in [-0.05, 0) is 18.8 Å². The molecule has 2 N–H and O–H groups in total. The van der Waals surface area contributed by atoms with Gasteiger partial charge in [-0.25, -0.2) is 4.98 Å². The van der Waals surface area contributed by atoms with Crippen LogP contribution in [0.2, 0.25) is 0 Å². The van der Waals surface area contributed by atoms with E-state index in [-0.39, 0.29) is 30.1 Å². The zero-order valence-corrected chi connectivity index (χ0v) is 18.6. The Morgan fingerprint density at radius 3 is 3.00 bits per heavy atom. The summed E-state index contributed by atoms with van der Waals surface area (Å²) in [5.74, 6) is 1.46. The molecule has 0 bridgehead atoms. The Balaban J connectivity index is 0.00000312. The van der Waals surface area contributed by atoms with Gasteiger partial charge in [0.05, 0.1) is 24.3 Å². The van der Waals surface area contributed by atoms with Gasteiger partial charge in [0.15, 0.2) is 5.96 Å². The van der Waals surface area contributed by atoms with Crippen LogP contribution in [-0.2, 0) is 22.4 Å². The van der Waals surface area contributed by atoms with Gasteiger partial charge in [0.2, 0.25) is 0 Å². The molecule has 1 aromatic rings. The molecule has 2 rings (SSSR count). The molecule has 1 aliphatic rings. The van der Waals surface area contributed by atoms with Crippen LogP contribution in [0, 0.1) is 5.92 Å². The summed E-state index contributed by atoms with van der Waals surface area (Å²) in [7, 11) is 1.79. The van der Waals surface area contributed by atoms with Crippen molar-refractivity contribution in [3.05, 3.63) is 16.1 Å². The fourth-order valence-electron chi connectivity index (χ4n) is 2.44. The van der Waals surface area contributed by atoms with Gasteiger partial charge >= 0.3 is 0 Å². The van der Waals surface area contributed by atoms with E-state index in [1.165, 1.54) is 9.88 Å². The molecular formula is C17H31IN4O2S. The van der Waals surface area contributed by atoms with Crippen molar-refractivity contribution in [2.24, 2.45) is 10.9 Å². The summed E-state index contributed by atoms with van der Waals surface area (Å²) in [6.45, 7) is 8.36. The molecule has 0 radical (unpaired) electrons. The Kier molecular flexibility index (Phi) is 11.6. The molecule has 1 fully saturated rings. The topological polar surface area (TPSA) is 67.8 Å². The Bertz CT molecular complexity index is 505. The number of thiazole rings is 1. The molecule has 0 spiro atoms. The van der Waals surface area contributed by atoms with Crippen LogP contribution in [0.25, 0.3) is 0 Å². The van der Waals surface area contributed by atoms with Crippen LogP contribution in [0.4, 0.5) is 0 Å². The van der Waals surface area contributed by atoms with Gasteiger partial charge in [-0.2, -0.15) is 0 Å². The molecule has 6 nitrogen and oxygen atoms in total. The number of nitrogens with one attached hydrogen (secondary N) is 2. The predicted octanol–water partition coefficient (Wildman–Crippen LogP) is 2.82. The van der Waals surface area contributed by atoms with E-state index in [0.717, 1.165) is 58.1 Å². The third-order valence-corrected chi connectivity index (χ3v) is 4.71. The number of hydrogen-bond donors (Lipinski definition) is 2. The number of halogens is 1. The number of aromatic nitrogens is 1. The summed E-state index contributed by atoms with van der Waals surface area (Å²) in [5, 5.41) is 7.86. The third kappa shape index (κ3) is 9.16. The molecule has 0 saturated carbocycles. The van der Waals surface area contributed by atoms with E-state index >= 15 is 0 Å². The highest BCUT2D eigenvalue weighted by atomic mass is 127. The van der Waals surface area contributed by atoms with Gasteiger partial charge in [-0.15, -0.1) is 35.3 Å². The number of guanidine groups is 1. The number of aliphatic imine (C=N–C) groups is 1. The molecular weight excluding hydrogens is 451 g/mol. The SMILES string of the molecule is CN=C(NCCCOC1CCOC1)NCc1cnc(CC(C)C)s1.I. The van der Waals surface area contributed by atoms with E-state index in [1.54, 1.807) is 18.4 Å². The van der Waals surface area contributed by atoms with Crippen LogP contribution >= 0.6 is 35.3 Å². The first-order chi connectivity index (χ1) is 11.7. The van der Waals surface area contributed by atoms with Gasteiger partial charge in [0.1, 0.15) is 0 Å². The maximum Gasteiger partial charge on any atom is 0.191 e. The van der Waals surface area contributed by atoms with E-state index in [4.69, 9.17) is 9.47 Å². The molecule has 144 valence electrons. The Morgan fingerprint density at radius 1 is 1.48 bits per heavy atom. The minimum Gasteiger partial charge on any atom is -0.379 e. The molecule has 1 aromatic heterocycles. The van der Waals surface area contributed by atoms with Crippen LogP contribution < -0.4 is 10.6 Å². The van der Waals surface area contributed by atoms with Crippen molar-refractivity contribution in [2.45, 2.75) is 45.8 Å². The number of nitrogens with zero attached hydrogens (tertiary/aromatic N) is 2. The standard InChI is InChI=1S/C17H30N4O2S.HI/c1-13(2)9-16-20-10-15(24-16)11-21-17(18-3)19-6-4-7-23-14-5-8-22-12-14;/h10,13-14H,4-9,11-12H2,1-3H3,(H2,18,19,21);1H. The Morgan fingerprint density at radius 2 is 2.32 bits per heavy atom. The second kappa shape index (κ2) is 12.8. The van der Waals surface area contributed by atoms with Crippen molar-refractivity contribution in [1.29, 1.82) is 0 Å². The minimum absolute atomic E-state index is 0. The van der Waals surface area contributed by atoms with Crippen molar-refractivity contribution < 1.29 is 9.47 Å². The third-order valence-electron chi connectivity index (χ3n) is 3.69. The lowest BCUT2D eigenvalue weighted by atomic mass is 10.1. The molecule has 8 heteroatoms. The molecule has 0 aliphatic carbocycles. The van der Waals surface area contributed by atoms with Crippen LogP contribution in [0.3, 0.4) is 0 Å². The van der Waals surface area contributed by atoms with Crippen molar-refractivity contribution in [2.75, 3.05) is 33.4 Å². The smallest absolute Gasteiger partial charge is 0.191 e. The van der Waals surface area contributed by atoms with Crippen LogP contribution in [0.15, 0.2) is 11.2 Å². The van der Waals surface area contributed by atoms with Crippen LogP contribution in [-0.4, -0.2) is 50.5 Å². The van der Waals surface area contributed by atoms with Crippen LogP contribution in [0.1, 0.15) is 36.6 Å². The zero-order chi connectivity index (χ0) is 17.2. The molecule has 0 amide bonds. The van der Waals surface area contributed by atoms with Crippen molar-refractivity contribution in [1.82, 2.24) is 15.6 Å². The summed E-state index contributed by atoms with van der Waals surface area (Å²) < 4.78 is 11.0. The maximum absolute atomic E-state index is 5.75. The molecule has 1 unspecified atom stereocenters. The van der Waals surface area contributed by atoms with Crippen molar-refractivity contribution >= 4 is 41.3 Å². The van der Waals surface area contributed by atoms with Gasteiger partial charge in [0, 0.05) is 44.3 Å². The lowest BCUT2D eigenvalue weighted by molar-refractivity contribution is 0.0420. The minimum atomic E-state index is 0. The van der Waals surface area contributed by atoms with Crippen molar-refractivity contribution in [3.63, 3.8) is 0 Å². The first-order valence-corrected chi connectivity index (χ1v) is 9.56. The molecule has 25 heavy (non-hydrogen) atoms. The highest BCUT2D eigenvalue weighted by Gasteiger charge is 2.15. The summed E-state index contributed by atoms with van der Waals surface area (Å²) in [6, 6.07) is 0. The molecule has 1 atom stereocenters. The average molecular weight is 482 g/mol. The number of ether oxygens (including phenoxy) is 2. The quantitative estimate of drug-likeness (QED) is 0.245. The fourth-order valence-corrected chi connectivity index (χ4v) is 3.51. The average Bonchev–Trinajstić information content (AvgIpc) is 3.21. The molecule has 0 aromatic carbocycles. The maximum atomic E-state index is 5.75. The lowest BCUT2D eigenvalue weighted by Gasteiger charge is -2.12. The second-order valence-corrected chi connectivity index (χ2v) is 7.58. The normalized spacial score (nSPS) is 17.6. The van der Waals surface area contributed by atoms with Crippen LogP contribution in [0.5, 0.6) is 0 Å². The van der Waals surface area contributed by atoms with E-state index in [9.17, 15) is 0 Å². The highest BCUT2D eigenvalue weighted by Crippen LogP contribution is 2.16. The second-order valence-electron chi connectivity index (χ2n) is 6.38. The first-order valence-electron chi connectivity index (χ1n) is 8.74. The molecule has 1 aliphatic heterocycles. The monoisotopic (exact) mass is 482 g/mol. The zero-order valence-electron chi connectivity index (χ0n) is 15.4. The Hall–Kier alpha value is -0.450. The van der Waals surface area contributed by atoms with E-state index < -0.39 is 0 Å². The van der Waals surface area contributed by atoms with Crippen molar-refractivity contribution in [3.8, 4) is 0 Å².